The molecule has 2 fully saturated rings. The van der Waals surface area contributed by atoms with Crippen molar-refractivity contribution in [3.05, 3.63) is 52.2 Å². The van der Waals surface area contributed by atoms with Crippen LogP contribution in [0.5, 0.6) is 0 Å². The molecule has 3 aliphatic heterocycles. The molecule has 13 nitrogen and oxygen atoms in total. The van der Waals surface area contributed by atoms with E-state index in [9.17, 15) is 29.1 Å². The van der Waals surface area contributed by atoms with Crippen LogP contribution in [0.2, 0.25) is 0 Å². The maximum atomic E-state index is 13.8. The van der Waals surface area contributed by atoms with Crippen molar-refractivity contribution in [2.75, 3.05) is 31.1 Å². The van der Waals surface area contributed by atoms with Gasteiger partial charge in [-0.25, -0.2) is 9.59 Å². The number of amides is 5. The molecule has 0 bridgehead atoms. The Morgan fingerprint density at radius 2 is 1.91 bits per heavy atom. The molecule has 2 saturated heterocycles. The van der Waals surface area contributed by atoms with Crippen LogP contribution in [0.4, 0.5) is 4.79 Å². The lowest BCUT2D eigenvalue weighted by atomic mass is 9.88. The summed E-state index contributed by atoms with van der Waals surface area (Å²) in [5.41, 5.74) is 0.109. The second kappa shape index (κ2) is 12.8. The van der Waals surface area contributed by atoms with Gasteiger partial charge in [0.15, 0.2) is 4.34 Å². The highest BCUT2D eigenvalue weighted by molar-refractivity contribution is 8.02. The van der Waals surface area contributed by atoms with Gasteiger partial charge in [-0.3, -0.25) is 19.3 Å². The summed E-state index contributed by atoms with van der Waals surface area (Å²) in [5, 5.41) is 24.1. The highest BCUT2D eigenvalue weighted by Gasteiger charge is 2.60. The molecule has 0 spiro atoms. The molecule has 1 aromatic heterocycles. The zero-order valence-electron chi connectivity index (χ0n) is 23.9. The van der Waals surface area contributed by atoms with Crippen LogP contribution in [-0.2, 0) is 19.2 Å². The van der Waals surface area contributed by atoms with Crippen LogP contribution >= 0.6 is 47.1 Å². The number of fused-ring (bicyclic) bond motifs is 1. The number of imide groups is 1. The second-order valence-electron chi connectivity index (χ2n) is 10.3. The first-order valence-corrected chi connectivity index (χ1v) is 16.8. The third-order valence-corrected chi connectivity index (χ3v) is 11.6. The number of carbonyl (C=O) groups is 5. The molecular weight excluding hydrogens is 647 g/mol. The van der Waals surface area contributed by atoms with Crippen molar-refractivity contribution >= 4 is 81.8 Å². The number of benzene rings is 1. The fraction of sp³-hybridized carbons (Fsp3) is 0.407. The van der Waals surface area contributed by atoms with Crippen molar-refractivity contribution in [1.29, 1.82) is 0 Å². The van der Waals surface area contributed by atoms with Crippen LogP contribution in [0.1, 0.15) is 30.5 Å². The molecule has 2 aromatic rings. The van der Waals surface area contributed by atoms with Gasteiger partial charge in [0.05, 0.1) is 0 Å². The topological polar surface area (TPSA) is 165 Å². The minimum Gasteiger partial charge on any atom is -0.477 e. The molecule has 0 aliphatic carbocycles. The van der Waals surface area contributed by atoms with Crippen LogP contribution in [0, 0.1) is 6.92 Å². The number of carboxylic acid groups (broad SMARTS) is 1. The van der Waals surface area contributed by atoms with E-state index in [0.29, 0.717) is 29.2 Å². The number of piperazine rings is 1. The third kappa shape index (κ3) is 5.92. The third-order valence-electron chi connectivity index (χ3n) is 7.44. The predicted molar refractivity (Wildman–Crippen MR) is 169 cm³/mol. The monoisotopic (exact) mass is 675 g/mol. The number of aromatic nitrogens is 2. The number of aliphatic carboxylic acids is 1. The first kappa shape index (κ1) is 31.9. The molecule has 44 heavy (non-hydrogen) atoms. The van der Waals surface area contributed by atoms with Crippen LogP contribution in [0.3, 0.4) is 0 Å². The van der Waals surface area contributed by atoms with E-state index in [4.69, 9.17) is 12.2 Å². The van der Waals surface area contributed by atoms with Gasteiger partial charge in [-0.15, -0.1) is 22.0 Å². The highest BCUT2D eigenvalue weighted by Crippen LogP contribution is 2.47. The van der Waals surface area contributed by atoms with Crippen LogP contribution in [-0.4, -0.2) is 107 Å². The molecule has 4 heterocycles. The SMILES string of the molecule is CCN1CCN(C(=O)NC(C(=O)N[C@]2(C)C(=S)N3C(C(=O)O)=C(CSc4nnc(C)s4)CS[C@H]32)c2ccccc2)C(=O)C1=O. The number of nitrogens with one attached hydrogen (secondary N) is 2. The van der Waals surface area contributed by atoms with Crippen LogP contribution in [0.25, 0.3) is 0 Å². The van der Waals surface area contributed by atoms with E-state index in [1.807, 2.05) is 6.92 Å². The Kier molecular flexibility index (Phi) is 9.29. The van der Waals surface area contributed by atoms with E-state index in [0.717, 1.165) is 14.2 Å². The lowest BCUT2D eigenvalue weighted by Gasteiger charge is -2.58. The second-order valence-corrected chi connectivity index (χ2v) is 14.2. The molecule has 17 heteroatoms. The summed E-state index contributed by atoms with van der Waals surface area (Å²) in [6, 6.07) is 6.38. The van der Waals surface area contributed by atoms with E-state index >= 15 is 0 Å². The molecule has 1 unspecified atom stereocenters. The number of rotatable bonds is 9. The van der Waals surface area contributed by atoms with Crippen LogP contribution in [0.15, 0.2) is 45.9 Å². The van der Waals surface area contributed by atoms with Gasteiger partial charge < -0.3 is 25.5 Å². The van der Waals surface area contributed by atoms with Gasteiger partial charge in [0.25, 0.3) is 0 Å². The number of thioether (sulfide) groups is 2. The number of hydrogen-bond donors (Lipinski definition) is 3. The van der Waals surface area contributed by atoms with Gasteiger partial charge in [-0.1, -0.05) is 65.6 Å². The minimum atomic E-state index is -1.23. The zero-order valence-corrected chi connectivity index (χ0v) is 27.2. The summed E-state index contributed by atoms with van der Waals surface area (Å²) in [6.45, 7) is 5.83. The minimum absolute atomic E-state index is 0.00750. The van der Waals surface area contributed by atoms with Crippen molar-refractivity contribution in [3.8, 4) is 0 Å². The molecule has 3 aliphatic rings. The van der Waals surface area contributed by atoms with E-state index < -0.39 is 46.7 Å². The van der Waals surface area contributed by atoms with Gasteiger partial charge in [0.1, 0.15) is 32.6 Å². The molecule has 3 N–H and O–H groups in total. The number of carbonyl (C=O) groups excluding carboxylic acids is 4. The molecule has 3 atom stereocenters. The van der Waals surface area contributed by atoms with Crippen molar-refractivity contribution in [1.82, 2.24) is 35.5 Å². The van der Waals surface area contributed by atoms with E-state index in [1.165, 1.54) is 39.8 Å². The van der Waals surface area contributed by atoms with Crippen molar-refractivity contribution < 1.29 is 29.1 Å². The quantitative estimate of drug-likeness (QED) is 0.202. The number of urea groups is 1. The van der Waals surface area contributed by atoms with Gasteiger partial charge in [0, 0.05) is 31.1 Å². The zero-order chi connectivity index (χ0) is 31.8. The fourth-order valence-corrected chi connectivity index (χ4v) is 9.06. The summed E-state index contributed by atoms with van der Waals surface area (Å²) >= 11 is 9.99. The molecule has 232 valence electrons. The number of nitrogens with zero attached hydrogens (tertiary/aromatic N) is 5. The Morgan fingerprint density at radius 1 is 1.18 bits per heavy atom. The van der Waals surface area contributed by atoms with Gasteiger partial charge in [-0.05, 0) is 31.9 Å². The average molecular weight is 676 g/mol. The lowest BCUT2D eigenvalue weighted by Crippen LogP contribution is -2.78. The molecule has 5 rings (SSSR count). The summed E-state index contributed by atoms with van der Waals surface area (Å²) in [5.74, 6) is -2.67. The molecule has 1 aromatic carbocycles. The first-order chi connectivity index (χ1) is 21.0. The maximum absolute atomic E-state index is 13.8. The molecular formula is C27H29N7O6S4. The standard InChI is InChI=1S/C27H29N7O6S4/c1-4-32-10-11-33(21(37)20(32)36)25(40)28-17(15-8-6-5-7-9-15)19(35)29-27(3)23(41)34-18(22(38)39)16(12-42-24(27)34)13-43-26-31-30-14(2)44-26/h5-9,17,24H,4,10-13H2,1-3H3,(H,28,40)(H,29,35)(H,38,39)/t17?,24-,27+/m0/s1. The predicted octanol–water partition coefficient (Wildman–Crippen LogP) is 2.01. The Morgan fingerprint density at radius 3 is 2.55 bits per heavy atom. The van der Waals surface area contributed by atoms with E-state index in [2.05, 4.69) is 20.8 Å². The highest BCUT2D eigenvalue weighted by atomic mass is 32.2. The van der Waals surface area contributed by atoms with E-state index in [1.54, 1.807) is 49.1 Å². The Labute approximate surface area is 270 Å². The number of hydrogen-bond acceptors (Lipinski definition) is 11. The average Bonchev–Trinajstić information content (AvgIpc) is 3.44. The normalized spacial score (nSPS) is 22.4. The number of carboxylic acids is 1. The van der Waals surface area contributed by atoms with Crippen molar-refractivity contribution in [2.24, 2.45) is 0 Å². The van der Waals surface area contributed by atoms with Crippen LogP contribution < -0.4 is 10.6 Å². The molecule has 0 saturated carbocycles. The van der Waals surface area contributed by atoms with E-state index in [-0.39, 0.29) is 23.8 Å². The Bertz CT molecular complexity index is 1570. The van der Waals surface area contributed by atoms with Crippen molar-refractivity contribution in [2.45, 2.75) is 42.1 Å². The summed E-state index contributed by atoms with van der Waals surface area (Å²) in [4.78, 5) is 68.4. The van der Waals surface area contributed by atoms with Crippen molar-refractivity contribution in [3.63, 3.8) is 0 Å². The number of thiocarbonyl (C=S) groups is 1. The summed E-state index contributed by atoms with van der Waals surface area (Å²) in [7, 11) is 0. The summed E-state index contributed by atoms with van der Waals surface area (Å²) in [6.07, 6.45) is 0. The van der Waals surface area contributed by atoms with Gasteiger partial charge in [-0.2, -0.15) is 0 Å². The molecule has 5 amide bonds. The molecule has 0 radical (unpaired) electrons. The first-order valence-electron chi connectivity index (χ1n) is 13.6. The van der Waals surface area contributed by atoms with Gasteiger partial charge >= 0.3 is 23.8 Å². The van der Waals surface area contributed by atoms with Gasteiger partial charge in [0.2, 0.25) is 5.91 Å². The number of aryl methyl sites for hydroxylation is 1. The lowest BCUT2D eigenvalue weighted by molar-refractivity contribution is -0.153. The number of likely N-dealkylation sites (N-methyl/N-ethyl adjacent to an activating group) is 1. The summed E-state index contributed by atoms with van der Waals surface area (Å²) < 4.78 is 0.738. The Hall–Kier alpha value is -3.54. The maximum Gasteiger partial charge on any atom is 0.352 e. The smallest absolute Gasteiger partial charge is 0.352 e. The largest absolute Gasteiger partial charge is 0.477 e. The Balaban J connectivity index is 1.33. The fourth-order valence-electron chi connectivity index (χ4n) is 5.14.